The van der Waals surface area contributed by atoms with Crippen molar-refractivity contribution in [3.05, 3.63) is 52.6 Å². The van der Waals surface area contributed by atoms with E-state index >= 15 is 4.39 Å². The summed E-state index contributed by atoms with van der Waals surface area (Å²) in [4.78, 5) is 22.5. The molecular formula is C26H26F4N4O3. The van der Waals surface area contributed by atoms with Gasteiger partial charge in [-0.3, -0.25) is 4.79 Å². The van der Waals surface area contributed by atoms with Gasteiger partial charge in [-0.25, -0.2) is 9.37 Å². The Morgan fingerprint density at radius 1 is 1.24 bits per heavy atom. The molecule has 1 atom stereocenters. The average molecular weight is 519 g/mol. The number of H-pyrrole nitrogens is 1. The van der Waals surface area contributed by atoms with Crippen LogP contribution in [0.4, 0.5) is 23.2 Å². The van der Waals surface area contributed by atoms with Crippen LogP contribution in [0.3, 0.4) is 0 Å². The number of hydrogen-bond donors (Lipinski definition) is 2. The van der Waals surface area contributed by atoms with Crippen molar-refractivity contribution >= 4 is 22.6 Å². The third-order valence-corrected chi connectivity index (χ3v) is 8.06. The number of hydrogen-bond acceptors (Lipinski definition) is 5. The molecule has 0 saturated carbocycles. The van der Waals surface area contributed by atoms with Crippen LogP contribution in [0.5, 0.6) is 5.75 Å². The van der Waals surface area contributed by atoms with Crippen LogP contribution < -0.4 is 10.5 Å². The van der Waals surface area contributed by atoms with Crippen LogP contribution in [0.25, 0.3) is 11.0 Å². The molecular weight excluding hydrogens is 492 g/mol. The molecule has 1 aromatic carbocycles. The van der Waals surface area contributed by atoms with Gasteiger partial charge in [0.25, 0.3) is 5.91 Å². The summed E-state index contributed by atoms with van der Waals surface area (Å²) in [6, 6.07) is 3.30. The summed E-state index contributed by atoms with van der Waals surface area (Å²) in [5.41, 5.74) is 9.39. The Kier molecular flexibility index (Phi) is 5.59. The molecule has 1 spiro atoms. The van der Waals surface area contributed by atoms with Crippen LogP contribution in [-0.2, 0) is 16.6 Å². The first-order valence-electron chi connectivity index (χ1n) is 12.4. The number of nitrogens with one attached hydrogen (secondary N) is 1. The summed E-state index contributed by atoms with van der Waals surface area (Å²) in [5, 5.41) is 0.868. The van der Waals surface area contributed by atoms with E-state index in [4.69, 9.17) is 10.5 Å². The number of nitrogens with two attached hydrogens (primary N) is 1. The zero-order valence-electron chi connectivity index (χ0n) is 20.0. The van der Waals surface area contributed by atoms with E-state index in [1.54, 1.807) is 4.90 Å². The minimum absolute atomic E-state index is 0.0947. The van der Waals surface area contributed by atoms with Gasteiger partial charge in [0.15, 0.2) is 0 Å². The van der Waals surface area contributed by atoms with Gasteiger partial charge in [-0.05, 0) is 55.7 Å². The van der Waals surface area contributed by atoms with Crippen molar-refractivity contribution in [1.29, 1.82) is 0 Å². The van der Waals surface area contributed by atoms with Gasteiger partial charge in [-0.1, -0.05) is 0 Å². The van der Waals surface area contributed by atoms with Gasteiger partial charge in [0.2, 0.25) is 0 Å². The fourth-order valence-corrected chi connectivity index (χ4v) is 6.34. The van der Waals surface area contributed by atoms with Crippen LogP contribution in [0, 0.1) is 5.82 Å². The van der Waals surface area contributed by atoms with E-state index in [0.717, 1.165) is 48.0 Å². The van der Waals surface area contributed by atoms with Gasteiger partial charge >= 0.3 is 6.36 Å². The fourth-order valence-electron chi connectivity index (χ4n) is 6.34. The van der Waals surface area contributed by atoms with Gasteiger partial charge in [-0.2, -0.15) is 0 Å². The Balaban J connectivity index is 1.24. The molecule has 2 aromatic heterocycles. The predicted octanol–water partition coefficient (Wildman–Crippen LogP) is 4.81. The molecule has 0 bridgehead atoms. The minimum atomic E-state index is -4.85. The van der Waals surface area contributed by atoms with Gasteiger partial charge in [0.1, 0.15) is 17.2 Å². The number of carbonyl (C=O) groups excluding carboxylic acids is 1. The standard InChI is InChI=1S/C26H26F4N4O3/c27-17-12-32-23-21(22-19(33-23)3-6-25(22)7-10-36-13-25)20(17)14-4-8-34(9-5-14)24(35)16-2-1-15(11-18(16)31)37-26(28,29)30/h1-2,11-12,14H,3-10,13,31H2,(H,32,33). The van der Waals surface area contributed by atoms with Crippen molar-refractivity contribution in [1.82, 2.24) is 14.9 Å². The predicted molar refractivity (Wildman–Crippen MR) is 127 cm³/mol. The molecule has 6 rings (SSSR count). The molecule has 0 radical (unpaired) electrons. The summed E-state index contributed by atoms with van der Waals surface area (Å²) >= 11 is 0. The largest absolute Gasteiger partial charge is 0.573 e. The molecule has 7 nitrogen and oxygen atoms in total. The number of benzene rings is 1. The van der Waals surface area contributed by atoms with Crippen LogP contribution in [0.1, 0.15) is 58.8 Å². The number of anilines is 1. The Bertz CT molecular complexity index is 1370. The van der Waals surface area contributed by atoms with Gasteiger partial charge in [0, 0.05) is 53.5 Å². The van der Waals surface area contributed by atoms with E-state index in [2.05, 4.69) is 14.7 Å². The normalized spacial score (nSPS) is 22.2. The number of rotatable bonds is 3. The maximum atomic E-state index is 15.4. The number of ether oxygens (including phenoxy) is 2. The van der Waals surface area contributed by atoms with E-state index < -0.39 is 12.1 Å². The number of pyridine rings is 1. The maximum Gasteiger partial charge on any atom is 0.573 e. The lowest BCUT2D eigenvalue weighted by atomic mass is 9.78. The maximum absolute atomic E-state index is 15.4. The van der Waals surface area contributed by atoms with Crippen LogP contribution in [0.2, 0.25) is 0 Å². The van der Waals surface area contributed by atoms with Gasteiger partial charge in [-0.15, -0.1) is 13.2 Å². The van der Waals surface area contributed by atoms with Crippen LogP contribution in [-0.4, -0.2) is 53.4 Å². The molecule has 196 valence electrons. The smallest absolute Gasteiger partial charge is 0.406 e. The highest BCUT2D eigenvalue weighted by atomic mass is 19.4. The number of amides is 1. The monoisotopic (exact) mass is 518 g/mol. The second-order valence-electron chi connectivity index (χ2n) is 10.2. The summed E-state index contributed by atoms with van der Waals surface area (Å²) in [6.45, 7) is 2.06. The van der Waals surface area contributed by atoms with Crippen molar-refractivity contribution in [3.8, 4) is 5.75 Å². The van der Waals surface area contributed by atoms with Crippen molar-refractivity contribution < 1.29 is 31.8 Å². The number of carbonyl (C=O) groups is 1. The topological polar surface area (TPSA) is 93.5 Å². The molecule has 37 heavy (non-hydrogen) atoms. The van der Waals surface area contributed by atoms with E-state index in [1.165, 1.54) is 12.3 Å². The van der Waals surface area contributed by atoms with Gasteiger partial charge < -0.3 is 25.1 Å². The molecule has 4 heterocycles. The van der Waals surface area contributed by atoms with E-state index in [1.807, 2.05) is 0 Å². The number of fused-ring (bicyclic) bond motifs is 4. The third-order valence-electron chi connectivity index (χ3n) is 8.06. The summed E-state index contributed by atoms with van der Waals surface area (Å²) in [7, 11) is 0. The fraction of sp³-hybridized carbons (Fsp3) is 0.462. The SMILES string of the molecule is Nc1cc(OC(F)(F)F)ccc1C(=O)N1CCC(c2c(F)cnc3[nH]c4c(c23)C2(CCOC2)CC4)CC1. The first-order chi connectivity index (χ1) is 17.7. The van der Waals surface area contributed by atoms with Gasteiger partial charge in [0.05, 0.1) is 18.4 Å². The Morgan fingerprint density at radius 2 is 2.03 bits per heavy atom. The number of aromatic amines is 1. The van der Waals surface area contributed by atoms with Crippen LogP contribution >= 0.6 is 0 Å². The second kappa shape index (κ2) is 8.61. The van der Waals surface area contributed by atoms with E-state index in [9.17, 15) is 18.0 Å². The zero-order chi connectivity index (χ0) is 25.9. The molecule has 1 amide bonds. The first kappa shape index (κ1) is 24.0. The Labute approximate surface area is 209 Å². The molecule has 3 N–H and O–H groups in total. The minimum Gasteiger partial charge on any atom is -0.406 e. The number of alkyl halides is 3. The molecule has 2 aliphatic heterocycles. The molecule has 1 unspecified atom stereocenters. The molecule has 2 saturated heterocycles. The van der Waals surface area contributed by atoms with Crippen LogP contribution in [0.15, 0.2) is 24.4 Å². The summed E-state index contributed by atoms with van der Waals surface area (Å²) in [5.74, 6) is -1.31. The van der Waals surface area contributed by atoms with Crippen molar-refractivity contribution in [3.63, 3.8) is 0 Å². The average Bonchev–Trinajstić information content (AvgIpc) is 3.55. The summed E-state index contributed by atoms with van der Waals surface area (Å²) < 4.78 is 62.4. The van der Waals surface area contributed by atoms with Crippen molar-refractivity contribution in [2.75, 3.05) is 32.0 Å². The molecule has 1 aliphatic carbocycles. The molecule has 2 fully saturated rings. The number of aryl methyl sites for hydroxylation is 1. The number of nitrogens with zero attached hydrogens (tertiary/aromatic N) is 2. The lowest BCUT2D eigenvalue weighted by Crippen LogP contribution is -2.38. The van der Waals surface area contributed by atoms with Crippen molar-refractivity contribution in [2.45, 2.75) is 49.8 Å². The number of aromatic nitrogens is 2. The Morgan fingerprint density at radius 3 is 2.70 bits per heavy atom. The third kappa shape index (κ3) is 4.09. The highest BCUT2D eigenvalue weighted by molar-refractivity contribution is 5.99. The number of nitrogen functional groups attached to an aromatic ring is 1. The zero-order valence-corrected chi connectivity index (χ0v) is 20.0. The lowest BCUT2D eigenvalue weighted by Gasteiger charge is -2.33. The van der Waals surface area contributed by atoms with E-state index in [0.29, 0.717) is 50.4 Å². The number of halogens is 4. The Hall–Kier alpha value is -3.34. The highest BCUT2D eigenvalue weighted by Crippen LogP contribution is 2.50. The summed E-state index contributed by atoms with van der Waals surface area (Å²) in [6.07, 6.45) is 0.269. The first-order valence-corrected chi connectivity index (χ1v) is 12.4. The van der Waals surface area contributed by atoms with E-state index in [-0.39, 0.29) is 34.3 Å². The highest BCUT2D eigenvalue weighted by Gasteiger charge is 2.46. The molecule has 3 aromatic rings. The second-order valence-corrected chi connectivity index (χ2v) is 10.2. The quantitative estimate of drug-likeness (QED) is 0.384. The number of likely N-dealkylation sites (tertiary alicyclic amines) is 1. The molecule has 3 aliphatic rings. The number of piperidine rings is 1. The lowest BCUT2D eigenvalue weighted by molar-refractivity contribution is -0.274. The van der Waals surface area contributed by atoms with Crippen molar-refractivity contribution in [2.24, 2.45) is 0 Å². The molecule has 11 heteroatoms.